The smallest absolute Gasteiger partial charge is 0.0626 e. The number of hydrogen-bond donors (Lipinski definition) is 0. The van der Waals surface area contributed by atoms with E-state index in [1.165, 1.54) is 71.3 Å². The summed E-state index contributed by atoms with van der Waals surface area (Å²) in [5, 5.41) is 7.96. The maximum Gasteiger partial charge on any atom is 0.0626 e. The van der Waals surface area contributed by atoms with Gasteiger partial charge in [-0.2, -0.15) is 0 Å². The number of fused-ring (bicyclic) bond motifs is 12. The summed E-state index contributed by atoms with van der Waals surface area (Å²) in [6.45, 7) is 0. The van der Waals surface area contributed by atoms with E-state index in [2.05, 4.69) is 120 Å². The molecule has 1 aromatic heterocycles. The first-order valence-electron chi connectivity index (χ1n) is 11.9. The van der Waals surface area contributed by atoms with Gasteiger partial charge in [-0.05, 0) is 50.5 Å². The van der Waals surface area contributed by atoms with Crippen LogP contribution in [0.15, 0.2) is 115 Å². The van der Waals surface area contributed by atoms with Crippen molar-refractivity contribution in [2.45, 2.75) is 6.42 Å². The van der Waals surface area contributed by atoms with E-state index < -0.39 is 0 Å². The summed E-state index contributed by atoms with van der Waals surface area (Å²) in [4.78, 5) is 0. The molecular formula is C33H21N. The van der Waals surface area contributed by atoms with Crippen LogP contribution in [0.4, 0.5) is 0 Å². The molecule has 0 aliphatic heterocycles. The molecule has 1 nitrogen and oxygen atoms in total. The maximum atomic E-state index is 2.53. The molecule has 0 atom stereocenters. The molecule has 0 amide bonds. The van der Waals surface area contributed by atoms with Crippen molar-refractivity contribution in [3.63, 3.8) is 0 Å². The normalized spacial score (nSPS) is 12.6. The number of hydrogen-bond acceptors (Lipinski definition) is 0. The quantitative estimate of drug-likeness (QED) is 0.229. The van der Waals surface area contributed by atoms with Gasteiger partial charge in [0.1, 0.15) is 0 Å². The highest BCUT2D eigenvalue weighted by molar-refractivity contribution is 6.32. The van der Waals surface area contributed by atoms with Gasteiger partial charge in [-0.3, -0.25) is 0 Å². The van der Waals surface area contributed by atoms with Crippen LogP contribution in [0.5, 0.6) is 0 Å². The number of para-hydroxylation sites is 1. The van der Waals surface area contributed by atoms with Crippen LogP contribution < -0.4 is 0 Å². The molecule has 0 saturated carbocycles. The third kappa shape index (κ3) is 2.24. The van der Waals surface area contributed by atoms with E-state index in [0.717, 1.165) is 6.42 Å². The minimum atomic E-state index is 0.974. The van der Waals surface area contributed by atoms with Gasteiger partial charge in [-0.25, -0.2) is 0 Å². The Morgan fingerprint density at radius 1 is 0.441 bits per heavy atom. The Morgan fingerprint density at radius 3 is 1.91 bits per heavy atom. The molecule has 1 aliphatic carbocycles. The van der Waals surface area contributed by atoms with Gasteiger partial charge in [0.05, 0.1) is 11.0 Å². The van der Waals surface area contributed by atoms with E-state index in [1.54, 1.807) is 0 Å². The second-order valence-electron chi connectivity index (χ2n) is 9.31. The second-order valence-corrected chi connectivity index (χ2v) is 9.31. The lowest BCUT2D eigenvalue weighted by Crippen LogP contribution is -1.97. The summed E-state index contributed by atoms with van der Waals surface area (Å²) in [7, 11) is 0. The predicted molar refractivity (Wildman–Crippen MR) is 144 cm³/mol. The molecule has 0 fully saturated rings. The summed E-state index contributed by atoms with van der Waals surface area (Å²) in [5.74, 6) is 0. The summed E-state index contributed by atoms with van der Waals surface area (Å²) in [6, 6.07) is 42.2. The van der Waals surface area contributed by atoms with Crippen molar-refractivity contribution in [3.05, 3.63) is 126 Å². The van der Waals surface area contributed by atoms with Crippen LogP contribution >= 0.6 is 0 Å². The van der Waals surface area contributed by atoms with Crippen LogP contribution in [0.3, 0.4) is 0 Å². The Hall–Kier alpha value is -4.36. The van der Waals surface area contributed by atoms with Crippen LogP contribution in [0, 0.1) is 0 Å². The van der Waals surface area contributed by atoms with Crippen LogP contribution in [0.1, 0.15) is 11.1 Å². The molecule has 0 bridgehead atoms. The van der Waals surface area contributed by atoms with Crippen LogP contribution in [0.25, 0.3) is 60.2 Å². The monoisotopic (exact) mass is 431 g/mol. The third-order valence-electron chi connectivity index (χ3n) is 7.59. The fraction of sp³-hybridized carbons (Fsp3) is 0.0303. The van der Waals surface area contributed by atoms with Gasteiger partial charge in [-0.1, -0.05) is 103 Å². The molecule has 158 valence electrons. The average Bonchev–Trinajstić information content (AvgIpc) is 3.46. The molecule has 0 unspecified atom stereocenters. The highest BCUT2D eigenvalue weighted by atomic mass is 15.0. The molecular weight excluding hydrogens is 410 g/mol. The highest BCUT2D eigenvalue weighted by Crippen LogP contribution is 2.47. The molecule has 34 heavy (non-hydrogen) atoms. The molecule has 7 aromatic rings. The van der Waals surface area contributed by atoms with Gasteiger partial charge in [0, 0.05) is 28.3 Å². The van der Waals surface area contributed by atoms with E-state index in [0.29, 0.717) is 0 Å². The Balaban J connectivity index is 1.69. The highest BCUT2D eigenvalue weighted by Gasteiger charge is 2.26. The molecule has 0 radical (unpaired) electrons. The van der Waals surface area contributed by atoms with Gasteiger partial charge >= 0.3 is 0 Å². The summed E-state index contributed by atoms with van der Waals surface area (Å²) >= 11 is 0. The van der Waals surface area contributed by atoms with Gasteiger partial charge in [0.15, 0.2) is 0 Å². The van der Waals surface area contributed by atoms with Crippen LogP contribution in [0.2, 0.25) is 0 Å². The van der Waals surface area contributed by atoms with Crippen molar-refractivity contribution in [2.24, 2.45) is 0 Å². The predicted octanol–water partition coefficient (Wildman–Crippen LogP) is 8.66. The number of benzene rings is 6. The second kappa shape index (κ2) is 6.59. The summed E-state index contributed by atoms with van der Waals surface area (Å²) in [6.07, 6.45) is 0.974. The fourth-order valence-electron chi connectivity index (χ4n) is 6.23. The molecule has 1 heterocycles. The number of aromatic nitrogens is 1. The molecule has 6 aromatic carbocycles. The molecule has 0 saturated heterocycles. The Labute approximate surface area is 197 Å². The lowest BCUT2D eigenvalue weighted by Gasteiger charge is -2.13. The zero-order valence-corrected chi connectivity index (χ0v) is 18.6. The number of rotatable bonds is 1. The zero-order chi connectivity index (χ0) is 22.2. The number of nitrogens with zero attached hydrogens (tertiary/aromatic N) is 1. The molecule has 0 spiro atoms. The standard InChI is InChI=1S/C33H21N/c1-2-11-22(12-3-1)34-32-29(19-18-26-23-13-5-4-10-21(23)20-30(26)32)31-27-16-8-6-14-24(27)25-15-7-9-17-28(25)33(31)34/h1-19H,20H2. The zero-order valence-electron chi connectivity index (χ0n) is 18.6. The van der Waals surface area contributed by atoms with E-state index in [9.17, 15) is 0 Å². The summed E-state index contributed by atoms with van der Waals surface area (Å²) < 4.78 is 2.53. The third-order valence-corrected chi connectivity index (χ3v) is 7.59. The molecule has 1 heteroatoms. The molecule has 8 rings (SSSR count). The topological polar surface area (TPSA) is 4.93 Å². The van der Waals surface area contributed by atoms with E-state index in [4.69, 9.17) is 0 Å². The fourth-order valence-corrected chi connectivity index (χ4v) is 6.23. The lowest BCUT2D eigenvalue weighted by atomic mass is 9.96. The van der Waals surface area contributed by atoms with E-state index in [1.807, 2.05) is 0 Å². The van der Waals surface area contributed by atoms with Crippen molar-refractivity contribution in [1.29, 1.82) is 0 Å². The van der Waals surface area contributed by atoms with Crippen molar-refractivity contribution in [1.82, 2.24) is 4.57 Å². The van der Waals surface area contributed by atoms with Gasteiger partial charge in [0.2, 0.25) is 0 Å². The molecule has 0 N–H and O–H groups in total. The Morgan fingerprint density at radius 2 is 1.09 bits per heavy atom. The lowest BCUT2D eigenvalue weighted by molar-refractivity contribution is 1.16. The largest absolute Gasteiger partial charge is 0.308 e. The first kappa shape index (κ1) is 18.1. The first-order chi connectivity index (χ1) is 16.9. The van der Waals surface area contributed by atoms with E-state index in [-0.39, 0.29) is 0 Å². The van der Waals surface area contributed by atoms with Crippen molar-refractivity contribution in [3.8, 4) is 16.8 Å². The molecule has 1 aliphatic rings. The summed E-state index contributed by atoms with van der Waals surface area (Å²) in [5.41, 5.74) is 9.47. The minimum Gasteiger partial charge on any atom is -0.308 e. The first-order valence-corrected chi connectivity index (χ1v) is 11.9. The van der Waals surface area contributed by atoms with Crippen LogP contribution in [-0.2, 0) is 6.42 Å². The van der Waals surface area contributed by atoms with Gasteiger partial charge in [0.25, 0.3) is 0 Å². The SMILES string of the molecule is c1ccc(-n2c3c4c(ccc3c3c5ccccc5c5ccccc5c32)-c2ccccc2C4)cc1. The van der Waals surface area contributed by atoms with Gasteiger partial charge < -0.3 is 4.57 Å². The minimum absolute atomic E-state index is 0.974. The van der Waals surface area contributed by atoms with E-state index >= 15 is 0 Å². The van der Waals surface area contributed by atoms with Crippen LogP contribution in [-0.4, -0.2) is 4.57 Å². The average molecular weight is 432 g/mol. The van der Waals surface area contributed by atoms with Crippen molar-refractivity contribution in [2.75, 3.05) is 0 Å². The van der Waals surface area contributed by atoms with Crippen molar-refractivity contribution < 1.29 is 0 Å². The van der Waals surface area contributed by atoms with Crippen molar-refractivity contribution >= 4 is 43.4 Å². The maximum absolute atomic E-state index is 2.53. The van der Waals surface area contributed by atoms with Gasteiger partial charge in [-0.15, -0.1) is 0 Å². The Kier molecular flexibility index (Phi) is 3.51. The Bertz CT molecular complexity index is 1920.